The molecular weight excluding hydrogens is 416 g/mol. The van der Waals surface area contributed by atoms with Gasteiger partial charge in [-0.15, -0.1) is 11.8 Å². The highest BCUT2D eigenvalue weighted by Crippen LogP contribution is 2.22. The van der Waals surface area contributed by atoms with Crippen molar-refractivity contribution < 1.29 is 14.3 Å². The molecule has 0 amide bonds. The van der Waals surface area contributed by atoms with E-state index in [0.29, 0.717) is 24.5 Å². The first-order chi connectivity index (χ1) is 15.8. The second kappa shape index (κ2) is 16.5. The predicted octanol–water partition coefficient (Wildman–Crippen LogP) is 6.88. The number of hydrogen-bond donors (Lipinski definition) is 0. The number of rotatable bonds is 12. The summed E-state index contributed by atoms with van der Waals surface area (Å²) in [5, 5.41) is 0. The Labute approximate surface area is 196 Å². The molecule has 0 aliphatic rings. The zero-order valence-corrected chi connectivity index (χ0v) is 19.4. The first kappa shape index (κ1) is 25.1. The molecule has 32 heavy (non-hydrogen) atoms. The molecule has 0 fully saturated rings. The number of carbonyl (C=O) groups excluding carboxylic acids is 1. The van der Waals surface area contributed by atoms with Crippen LogP contribution < -0.4 is 4.74 Å². The third-order valence-electron chi connectivity index (χ3n) is 4.16. The fourth-order valence-corrected chi connectivity index (χ4v) is 3.43. The minimum Gasteiger partial charge on any atom is -0.490 e. The van der Waals surface area contributed by atoms with E-state index in [-0.39, 0.29) is 5.97 Å². The van der Waals surface area contributed by atoms with E-state index in [0.717, 1.165) is 29.9 Å². The summed E-state index contributed by atoms with van der Waals surface area (Å²) in [6, 6.07) is 17.3. The van der Waals surface area contributed by atoms with E-state index >= 15 is 0 Å². The molecule has 4 heteroatoms. The lowest BCUT2D eigenvalue weighted by molar-refractivity contribution is 0.0522. The van der Waals surface area contributed by atoms with Crippen molar-refractivity contribution in [1.82, 2.24) is 0 Å². The average Bonchev–Trinajstić information content (AvgIpc) is 2.82. The summed E-state index contributed by atoms with van der Waals surface area (Å²) >= 11 is 1.56. The highest BCUT2D eigenvalue weighted by molar-refractivity contribution is 7.99. The van der Waals surface area contributed by atoms with E-state index < -0.39 is 0 Å². The molecule has 0 atom stereocenters. The molecule has 2 aromatic rings. The number of esters is 1. The zero-order chi connectivity index (χ0) is 22.7. The van der Waals surface area contributed by atoms with Crippen molar-refractivity contribution >= 4 is 17.7 Å². The molecule has 166 valence electrons. The molecule has 0 N–H and O–H groups in total. The van der Waals surface area contributed by atoms with Crippen LogP contribution in [0.5, 0.6) is 5.75 Å². The molecule has 0 aliphatic heterocycles. The van der Waals surface area contributed by atoms with Crippen LogP contribution in [0.15, 0.2) is 95.9 Å². The quantitative estimate of drug-likeness (QED) is 0.154. The maximum absolute atomic E-state index is 12.0. The van der Waals surface area contributed by atoms with Gasteiger partial charge in [0.15, 0.2) is 0 Å². The third kappa shape index (κ3) is 10.7. The standard InChI is InChI=1S/C28H30O3S/c1-2-30-28(29)26-21-15-16-22-27(26)32-24-18-11-9-7-5-3-4-6-8-10-17-23-31-25-19-13-12-14-20-25/h4-7,10,12-17,19-22H,2-3,8-9,23-24H2,1H3/b6-4-,7-5-,17-10-. The molecule has 0 radical (unpaired) electrons. The number of thioether (sulfide) groups is 1. The highest BCUT2D eigenvalue weighted by Gasteiger charge is 2.11. The van der Waals surface area contributed by atoms with Gasteiger partial charge in [0.1, 0.15) is 12.4 Å². The molecule has 0 saturated carbocycles. The van der Waals surface area contributed by atoms with Crippen LogP contribution in [-0.4, -0.2) is 24.9 Å². The Morgan fingerprint density at radius 2 is 1.56 bits per heavy atom. The summed E-state index contributed by atoms with van der Waals surface area (Å²) in [5.74, 6) is 7.54. The van der Waals surface area contributed by atoms with Gasteiger partial charge in [-0.05, 0) is 44.0 Å². The van der Waals surface area contributed by atoms with Crippen molar-refractivity contribution in [1.29, 1.82) is 0 Å². The molecule has 2 aromatic carbocycles. The fourth-order valence-electron chi connectivity index (χ4n) is 2.62. The van der Waals surface area contributed by atoms with Gasteiger partial charge in [0.05, 0.1) is 17.9 Å². The van der Waals surface area contributed by atoms with E-state index in [1.807, 2.05) is 61.5 Å². The highest BCUT2D eigenvalue weighted by atomic mass is 32.2. The van der Waals surface area contributed by atoms with Gasteiger partial charge in [0.25, 0.3) is 0 Å². The third-order valence-corrected chi connectivity index (χ3v) is 5.12. The predicted molar refractivity (Wildman–Crippen MR) is 134 cm³/mol. The first-order valence-corrected chi connectivity index (χ1v) is 11.8. The molecule has 0 heterocycles. The Kier molecular flexibility index (Phi) is 13.0. The van der Waals surface area contributed by atoms with Crippen molar-refractivity contribution in [2.45, 2.75) is 31.1 Å². The van der Waals surface area contributed by atoms with E-state index in [1.165, 1.54) is 0 Å². The molecule has 0 aromatic heterocycles. The number of hydrogen-bond acceptors (Lipinski definition) is 4. The molecule has 0 unspecified atom stereocenters. The smallest absolute Gasteiger partial charge is 0.339 e. The van der Waals surface area contributed by atoms with Crippen molar-refractivity contribution in [3.8, 4) is 17.6 Å². The van der Waals surface area contributed by atoms with Gasteiger partial charge in [-0.25, -0.2) is 4.79 Å². The lowest BCUT2D eigenvalue weighted by Crippen LogP contribution is -2.05. The van der Waals surface area contributed by atoms with Gasteiger partial charge in [0.2, 0.25) is 0 Å². The number of ether oxygens (including phenoxy) is 2. The Hall–Kier alpha value is -3.16. The Morgan fingerprint density at radius 1 is 0.875 bits per heavy atom. The second-order valence-electron chi connectivity index (χ2n) is 6.57. The van der Waals surface area contributed by atoms with Crippen LogP contribution in [0.1, 0.15) is 36.5 Å². The summed E-state index contributed by atoms with van der Waals surface area (Å²) in [4.78, 5) is 12.9. The van der Waals surface area contributed by atoms with Crippen molar-refractivity contribution in [2.24, 2.45) is 0 Å². The number of allylic oxidation sites excluding steroid dienone is 5. The summed E-state index contributed by atoms with van der Waals surface area (Å²) < 4.78 is 10.7. The summed E-state index contributed by atoms with van der Waals surface area (Å²) in [5.41, 5.74) is 0.603. The molecular formula is C28H30O3S. The van der Waals surface area contributed by atoms with Crippen LogP contribution in [0.3, 0.4) is 0 Å². The molecule has 0 bridgehead atoms. The Bertz CT molecular complexity index is 949. The van der Waals surface area contributed by atoms with Crippen LogP contribution in [-0.2, 0) is 4.74 Å². The largest absolute Gasteiger partial charge is 0.490 e. The van der Waals surface area contributed by atoms with Gasteiger partial charge in [-0.3, -0.25) is 0 Å². The van der Waals surface area contributed by atoms with Gasteiger partial charge in [-0.2, -0.15) is 0 Å². The molecule has 3 nitrogen and oxygen atoms in total. The normalized spacial score (nSPS) is 11.0. The van der Waals surface area contributed by atoms with Gasteiger partial charge in [-0.1, -0.05) is 78.6 Å². The molecule has 0 spiro atoms. The first-order valence-electron chi connectivity index (χ1n) is 10.8. The van der Waals surface area contributed by atoms with Crippen molar-refractivity contribution in [2.75, 3.05) is 19.0 Å². The maximum atomic E-state index is 12.0. The number of carbonyl (C=O) groups is 1. The van der Waals surface area contributed by atoms with Crippen LogP contribution in [0, 0.1) is 11.8 Å². The van der Waals surface area contributed by atoms with Crippen LogP contribution in [0.2, 0.25) is 0 Å². The lowest BCUT2D eigenvalue weighted by atomic mass is 10.2. The molecule has 2 rings (SSSR count). The molecule has 0 saturated heterocycles. The molecule has 0 aliphatic carbocycles. The van der Waals surface area contributed by atoms with E-state index in [4.69, 9.17) is 9.47 Å². The van der Waals surface area contributed by atoms with Gasteiger partial charge >= 0.3 is 5.97 Å². The second-order valence-corrected chi connectivity index (χ2v) is 7.59. The van der Waals surface area contributed by atoms with Crippen molar-refractivity contribution in [3.05, 3.63) is 96.6 Å². The Balaban J connectivity index is 1.56. The number of para-hydroxylation sites is 1. The monoisotopic (exact) mass is 446 g/mol. The average molecular weight is 447 g/mol. The van der Waals surface area contributed by atoms with E-state index in [1.54, 1.807) is 17.8 Å². The summed E-state index contributed by atoms with van der Waals surface area (Å²) in [6.07, 6.45) is 15.2. The number of benzene rings is 2. The van der Waals surface area contributed by atoms with E-state index in [2.05, 4.69) is 42.2 Å². The minimum atomic E-state index is -0.282. The maximum Gasteiger partial charge on any atom is 0.339 e. The van der Waals surface area contributed by atoms with Gasteiger partial charge < -0.3 is 9.47 Å². The SMILES string of the molecule is CCOC(=O)c1ccccc1SCC#CC/C=C\C/C=C\C/C=C\COc1ccccc1. The lowest BCUT2D eigenvalue weighted by Gasteiger charge is -2.06. The fraction of sp³-hybridized carbons (Fsp3) is 0.250. The van der Waals surface area contributed by atoms with Crippen LogP contribution in [0.25, 0.3) is 0 Å². The van der Waals surface area contributed by atoms with E-state index in [9.17, 15) is 4.79 Å². The van der Waals surface area contributed by atoms with Crippen LogP contribution >= 0.6 is 11.8 Å². The zero-order valence-electron chi connectivity index (χ0n) is 18.5. The van der Waals surface area contributed by atoms with Gasteiger partial charge in [0, 0.05) is 11.3 Å². The minimum absolute atomic E-state index is 0.282. The van der Waals surface area contributed by atoms with Crippen LogP contribution in [0.4, 0.5) is 0 Å². The Morgan fingerprint density at radius 3 is 2.34 bits per heavy atom. The topological polar surface area (TPSA) is 35.5 Å². The summed E-state index contributed by atoms with van der Waals surface area (Å²) in [7, 11) is 0. The van der Waals surface area contributed by atoms with Crippen molar-refractivity contribution in [3.63, 3.8) is 0 Å². The summed E-state index contributed by atoms with van der Waals surface area (Å²) in [6.45, 7) is 2.77.